The molecule has 17 heavy (non-hydrogen) atoms. The van der Waals surface area contributed by atoms with E-state index in [1.165, 1.54) is 0 Å². The molecule has 102 valence electrons. The van der Waals surface area contributed by atoms with Crippen LogP contribution in [0.25, 0.3) is 0 Å². The molecular formula is C12H25ClN2O2. The molecule has 1 amide bonds. The Labute approximate surface area is 110 Å². The first-order chi connectivity index (χ1) is 7.33. The lowest BCUT2D eigenvalue weighted by molar-refractivity contribution is 0.0146. The van der Waals surface area contributed by atoms with Crippen LogP contribution in [0.1, 0.15) is 40.5 Å². The number of nitrogens with zero attached hydrogens (tertiary/aromatic N) is 1. The largest absolute Gasteiger partial charge is 0.444 e. The van der Waals surface area contributed by atoms with Crippen LogP contribution in [0.5, 0.6) is 0 Å². The number of carbonyl (C=O) groups excluding carboxylic acids is 1. The van der Waals surface area contributed by atoms with Crippen LogP contribution in [0.3, 0.4) is 0 Å². The summed E-state index contributed by atoms with van der Waals surface area (Å²) >= 11 is 0. The molecule has 5 heteroatoms. The Hall–Kier alpha value is -0.480. The zero-order valence-corrected chi connectivity index (χ0v) is 12.0. The van der Waals surface area contributed by atoms with Crippen LogP contribution < -0.4 is 5.73 Å². The van der Waals surface area contributed by atoms with Gasteiger partial charge in [0.15, 0.2) is 0 Å². The highest BCUT2D eigenvalue weighted by Crippen LogP contribution is 2.20. The minimum atomic E-state index is -0.418. The Bertz CT molecular complexity index is 253. The van der Waals surface area contributed by atoms with Crippen molar-refractivity contribution in [3.8, 4) is 0 Å². The third-order valence-electron chi connectivity index (χ3n) is 2.97. The van der Waals surface area contributed by atoms with Gasteiger partial charge in [-0.2, -0.15) is 0 Å². The van der Waals surface area contributed by atoms with Gasteiger partial charge in [0, 0.05) is 19.1 Å². The maximum atomic E-state index is 11.8. The average molecular weight is 265 g/mol. The van der Waals surface area contributed by atoms with E-state index in [2.05, 4.69) is 6.92 Å². The normalized spacial score (nSPS) is 25.1. The SMILES string of the molecule is CCC1CN(C(=O)OC(C)(C)C)CCC1N.Cl. The summed E-state index contributed by atoms with van der Waals surface area (Å²) in [5.41, 5.74) is 5.58. The van der Waals surface area contributed by atoms with Crippen LogP contribution in [0, 0.1) is 5.92 Å². The van der Waals surface area contributed by atoms with Crippen molar-refractivity contribution in [2.45, 2.75) is 52.2 Å². The summed E-state index contributed by atoms with van der Waals surface area (Å²) in [5.74, 6) is 0.404. The number of halogens is 1. The molecule has 0 aliphatic carbocycles. The van der Waals surface area contributed by atoms with Gasteiger partial charge in [0.05, 0.1) is 0 Å². The standard InChI is InChI=1S/C12H24N2O2.ClH/c1-5-9-8-14(7-6-10(9)13)11(15)16-12(2,3)4;/h9-10H,5-8,13H2,1-4H3;1H. The van der Waals surface area contributed by atoms with Gasteiger partial charge in [0.1, 0.15) is 5.60 Å². The molecule has 0 aromatic rings. The van der Waals surface area contributed by atoms with Crippen LogP contribution in [0.15, 0.2) is 0 Å². The number of hydrogen-bond donors (Lipinski definition) is 1. The number of nitrogens with two attached hydrogens (primary N) is 1. The van der Waals surface area contributed by atoms with Crippen LogP contribution in [-0.4, -0.2) is 35.7 Å². The van der Waals surface area contributed by atoms with Crippen molar-refractivity contribution in [1.29, 1.82) is 0 Å². The van der Waals surface area contributed by atoms with Crippen LogP contribution in [0.4, 0.5) is 4.79 Å². The molecule has 2 N–H and O–H groups in total. The Morgan fingerprint density at radius 1 is 1.47 bits per heavy atom. The van der Waals surface area contributed by atoms with Crippen molar-refractivity contribution in [3.05, 3.63) is 0 Å². The lowest BCUT2D eigenvalue weighted by atomic mass is 9.91. The second kappa shape index (κ2) is 6.45. The molecule has 4 nitrogen and oxygen atoms in total. The zero-order valence-electron chi connectivity index (χ0n) is 11.2. The lowest BCUT2D eigenvalue weighted by Gasteiger charge is -2.37. The Morgan fingerprint density at radius 3 is 2.53 bits per heavy atom. The Kier molecular flexibility index (Phi) is 6.27. The highest BCUT2D eigenvalue weighted by molar-refractivity contribution is 5.85. The predicted molar refractivity (Wildman–Crippen MR) is 71.4 cm³/mol. The summed E-state index contributed by atoms with van der Waals surface area (Å²) in [6.07, 6.45) is 1.68. The smallest absolute Gasteiger partial charge is 0.410 e. The van der Waals surface area contributed by atoms with Gasteiger partial charge in [-0.05, 0) is 33.1 Å². The van der Waals surface area contributed by atoms with E-state index < -0.39 is 5.60 Å². The van der Waals surface area contributed by atoms with E-state index in [1.54, 1.807) is 4.90 Å². The minimum absolute atomic E-state index is 0. The molecule has 2 unspecified atom stereocenters. The van der Waals surface area contributed by atoms with Crippen molar-refractivity contribution >= 4 is 18.5 Å². The second-order valence-electron chi connectivity index (χ2n) is 5.55. The van der Waals surface area contributed by atoms with E-state index in [1.807, 2.05) is 20.8 Å². The quantitative estimate of drug-likeness (QED) is 0.791. The first-order valence-corrected chi connectivity index (χ1v) is 6.07. The first kappa shape index (κ1) is 16.5. The molecule has 0 spiro atoms. The summed E-state index contributed by atoms with van der Waals surface area (Å²) in [7, 11) is 0. The summed E-state index contributed by atoms with van der Waals surface area (Å²) in [4.78, 5) is 13.6. The number of ether oxygens (including phenoxy) is 1. The summed E-state index contributed by atoms with van der Waals surface area (Å²) in [5, 5.41) is 0. The Balaban J connectivity index is 0.00000256. The van der Waals surface area contributed by atoms with Crippen LogP contribution in [0.2, 0.25) is 0 Å². The monoisotopic (exact) mass is 264 g/mol. The van der Waals surface area contributed by atoms with Crippen molar-refractivity contribution in [2.24, 2.45) is 11.7 Å². The second-order valence-corrected chi connectivity index (χ2v) is 5.55. The molecule has 1 heterocycles. The summed E-state index contributed by atoms with van der Waals surface area (Å²) < 4.78 is 5.35. The molecule has 1 fully saturated rings. The van der Waals surface area contributed by atoms with Gasteiger partial charge in [-0.15, -0.1) is 12.4 Å². The van der Waals surface area contributed by atoms with E-state index in [4.69, 9.17) is 10.5 Å². The Morgan fingerprint density at radius 2 is 2.06 bits per heavy atom. The molecule has 1 aliphatic rings. The third kappa shape index (κ3) is 5.13. The van der Waals surface area contributed by atoms with Crippen molar-refractivity contribution in [2.75, 3.05) is 13.1 Å². The van der Waals surface area contributed by atoms with Crippen molar-refractivity contribution in [1.82, 2.24) is 4.90 Å². The maximum Gasteiger partial charge on any atom is 0.410 e. The number of likely N-dealkylation sites (tertiary alicyclic amines) is 1. The van der Waals surface area contributed by atoms with Gasteiger partial charge in [0.2, 0.25) is 0 Å². The van der Waals surface area contributed by atoms with Gasteiger partial charge in [-0.1, -0.05) is 13.3 Å². The molecule has 0 saturated carbocycles. The maximum absolute atomic E-state index is 11.8. The van der Waals surface area contributed by atoms with Gasteiger partial charge < -0.3 is 15.4 Å². The van der Waals surface area contributed by atoms with Crippen LogP contribution in [-0.2, 0) is 4.74 Å². The van der Waals surface area contributed by atoms with Crippen molar-refractivity contribution < 1.29 is 9.53 Å². The molecule has 0 aromatic heterocycles. The fraction of sp³-hybridized carbons (Fsp3) is 0.917. The highest BCUT2D eigenvalue weighted by atomic mass is 35.5. The third-order valence-corrected chi connectivity index (χ3v) is 2.97. The number of piperidine rings is 1. The summed E-state index contributed by atoms with van der Waals surface area (Å²) in [6, 6.07) is 0.226. The fourth-order valence-corrected chi connectivity index (χ4v) is 1.97. The number of hydrogen-bond acceptors (Lipinski definition) is 3. The molecule has 0 radical (unpaired) electrons. The van der Waals surface area contributed by atoms with E-state index in [0.717, 1.165) is 19.4 Å². The minimum Gasteiger partial charge on any atom is -0.444 e. The zero-order chi connectivity index (χ0) is 12.3. The number of carbonyl (C=O) groups is 1. The first-order valence-electron chi connectivity index (χ1n) is 6.07. The molecule has 0 bridgehead atoms. The average Bonchev–Trinajstić information content (AvgIpc) is 2.15. The van der Waals surface area contributed by atoms with Gasteiger partial charge in [0.25, 0.3) is 0 Å². The lowest BCUT2D eigenvalue weighted by Crippen LogP contribution is -2.50. The number of rotatable bonds is 1. The van der Waals surface area contributed by atoms with E-state index in [9.17, 15) is 4.79 Å². The molecule has 1 saturated heterocycles. The molecule has 1 aliphatic heterocycles. The molecule has 2 atom stereocenters. The van der Waals surface area contributed by atoms with Gasteiger partial charge >= 0.3 is 6.09 Å². The van der Waals surface area contributed by atoms with Crippen molar-refractivity contribution in [3.63, 3.8) is 0 Å². The predicted octanol–water partition coefficient (Wildman–Crippen LogP) is 2.40. The van der Waals surface area contributed by atoms with E-state index in [-0.39, 0.29) is 24.5 Å². The van der Waals surface area contributed by atoms with Gasteiger partial charge in [-0.3, -0.25) is 0 Å². The molecule has 1 rings (SSSR count). The van der Waals surface area contributed by atoms with Crippen LogP contribution >= 0.6 is 12.4 Å². The van der Waals surface area contributed by atoms with E-state index >= 15 is 0 Å². The van der Waals surface area contributed by atoms with Gasteiger partial charge in [-0.25, -0.2) is 4.79 Å². The number of amides is 1. The highest BCUT2D eigenvalue weighted by Gasteiger charge is 2.30. The van der Waals surface area contributed by atoms with E-state index in [0.29, 0.717) is 12.5 Å². The fourth-order valence-electron chi connectivity index (χ4n) is 1.97. The molecular weight excluding hydrogens is 240 g/mol. The molecule has 0 aromatic carbocycles. The topological polar surface area (TPSA) is 55.6 Å². The summed E-state index contributed by atoms with van der Waals surface area (Å²) in [6.45, 7) is 9.22.